The summed E-state index contributed by atoms with van der Waals surface area (Å²) in [6.45, 7) is 2.38. The van der Waals surface area contributed by atoms with E-state index in [0.717, 1.165) is 18.2 Å². The molecule has 0 bridgehead atoms. The fourth-order valence-electron chi connectivity index (χ4n) is 2.79. The van der Waals surface area contributed by atoms with Crippen LogP contribution in [0.25, 0.3) is 0 Å². The Morgan fingerprint density at radius 3 is 2.79 bits per heavy atom. The second kappa shape index (κ2) is 7.31. The summed E-state index contributed by atoms with van der Waals surface area (Å²) < 4.78 is 10.8. The summed E-state index contributed by atoms with van der Waals surface area (Å²) in [4.78, 5) is 24.8. The second-order valence-corrected chi connectivity index (χ2v) is 5.91. The van der Waals surface area contributed by atoms with Crippen LogP contribution < -0.4 is 0 Å². The molecule has 1 aromatic carbocycles. The van der Waals surface area contributed by atoms with Gasteiger partial charge in [-0.1, -0.05) is 30.3 Å². The van der Waals surface area contributed by atoms with Crippen LogP contribution in [0.3, 0.4) is 0 Å². The summed E-state index contributed by atoms with van der Waals surface area (Å²) >= 11 is 0. The molecule has 24 heavy (non-hydrogen) atoms. The first-order valence-corrected chi connectivity index (χ1v) is 7.86. The van der Waals surface area contributed by atoms with E-state index >= 15 is 0 Å². The van der Waals surface area contributed by atoms with Crippen molar-refractivity contribution in [3.05, 3.63) is 59.5 Å². The zero-order chi connectivity index (χ0) is 16.9. The highest BCUT2D eigenvalue weighted by Crippen LogP contribution is 2.20. The van der Waals surface area contributed by atoms with Gasteiger partial charge in [-0.25, -0.2) is 4.79 Å². The Kier molecular flexibility index (Phi) is 4.96. The van der Waals surface area contributed by atoms with Crippen LogP contribution in [0.4, 0.5) is 0 Å². The molecule has 1 atom stereocenters. The molecule has 1 saturated heterocycles. The number of aromatic carboxylic acids is 1. The number of likely N-dealkylation sites (tertiary alicyclic amines) is 1. The molecular weight excluding hydrogens is 310 g/mol. The highest BCUT2D eigenvalue weighted by molar-refractivity contribution is 5.95. The maximum Gasteiger partial charge on any atom is 0.338 e. The van der Waals surface area contributed by atoms with Gasteiger partial charge in [-0.2, -0.15) is 0 Å². The van der Waals surface area contributed by atoms with Crippen molar-refractivity contribution in [3.63, 3.8) is 0 Å². The van der Waals surface area contributed by atoms with Crippen molar-refractivity contribution in [3.8, 4) is 0 Å². The lowest BCUT2D eigenvalue weighted by Crippen LogP contribution is -2.29. The Balaban J connectivity index is 1.47. The summed E-state index contributed by atoms with van der Waals surface area (Å²) in [6.07, 6.45) is 1.96. The molecule has 6 heteroatoms. The Morgan fingerprint density at radius 1 is 1.29 bits per heavy atom. The van der Waals surface area contributed by atoms with Gasteiger partial charge in [0, 0.05) is 25.1 Å². The van der Waals surface area contributed by atoms with Crippen LogP contribution in [-0.4, -0.2) is 41.6 Å². The number of carbonyl (C=O) groups is 2. The van der Waals surface area contributed by atoms with Gasteiger partial charge >= 0.3 is 5.97 Å². The van der Waals surface area contributed by atoms with Gasteiger partial charge in [-0.3, -0.25) is 4.79 Å². The van der Waals surface area contributed by atoms with E-state index in [1.54, 1.807) is 4.90 Å². The molecule has 0 aliphatic carbocycles. The molecule has 0 saturated carbocycles. The molecule has 0 unspecified atom stereocenters. The topological polar surface area (TPSA) is 80.0 Å². The Hall–Kier alpha value is -2.60. The van der Waals surface area contributed by atoms with Gasteiger partial charge in [-0.05, 0) is 12.0 Å². The molecule has 0 spiro atoms. The van der Waals surface area contributed by atoms with Gasteiger partial charge in [-0.15, -0.1) is 0 Å². The fourth-order valence-corrected chi connectivity index (χ4v) is 2.79. The lowest BCUT2D eigenvalue weighted by molar-refractivity contribution is 0.0691. The number of ether oxygens (including phenoxy) is 1. The van der Waals surface area contributed by atoms with Gasteiger partial charge < -0.3 is 19.2 Å². The van der Waals surface area contributed by atoms with E-state index in [0.29, 0.717) is 26.3 Å². The SMILES string of the molecule is O=C(O)c1coc(C(=O)N2CC[C@@H](COCc3ccccc3)C2)c1. The average Bonchev–Trinajstić information content (AvgIpc) is 3.25. The zero-order valence-corrected chi connectivity index (χ0v) is 13.2. The average molecular weight is 329 g/mol. The lowest BCUT2D eigenvalue weighted by Gasteiger charge is -2.15. The van der Waals surface area contributed by atoms with E-state index in [1.165, 1.54) is 6.07 Å². The number of amides is 1. The summed E-state index contributed by atoms with van der Waals surface area (Å²) in [5.74, 6) is -1.02. The van der Waals surface area contributed by atoms with Crippen LogP contribution in [0.2, 0.25) is 0 Å². The first-order chi connectivity index (χ1) is 11.6. The van der Waals surface area contributed by atoms with Gasteiger partial charge in [0.25, 0.3) is 5.91 Å². The van der Waals surface area contributed by atoms with Crippen molar-refractivity contribution in [1.82, 2.24) is 4.90 Å². The predicted octanol–water partition coefficient (Wildman–Crippen LogP) is 2.66. The summed E-state index contributed by atoms with van der Waals surface area (Å²) in [5.41, 5.74) is 1.11. The molecular formula is C18H19NO5. The van der Waals surface area contributed by atoms with Gasteiger partial charge in [0.2, 0.25) is 0 Å². The maximum atomic E-state index is 12.3. The maximum absolute atomic E-state index is 12.3. The van der Waals surface area contributed by atoms with Crippen LogP contribution in [0.15, 0.2) is 47.1 Å². The van der Waals surface area contributed by atoms with Gasteiger partial charge in [0.1, 0.15) is 6.26 Å². The van der Waals surface area contributed by atoms with Crippen molar-refractivity contribution >= 4 is 11.9 Å². The van der Waals surface area contributed by atoms with Crippen molar-refractivity contribution in [2.24, 2.45) is 5.92 Å². The third-order valence-electron chi connectivity index (χ3n) is 4.10. The molecule has 6 nitrogen and oxygen atoms in total. The molecule has 3 rings (SSSR count). The third kappa shape index (κ3) is 3.83. The van der Waals surface area contributed by atoms with Gasteiger partial charge in [0.05, 0.1) is 18.8 Å². The summed E-state index contributed by atoms with van der Waals surface area (Å²) in [5, 5.41) is 8.88. The molecule has 1 N–H and O–H groups in total. The highest BCUT2D eigenvalue weighted by atomic mass is 16.5. The number of furan rings is 1. The monoisotopic (exact) mass is 329 g/mol. The quantitative estimate of drug-likeness (QED) is 0.881. The number of carboxylic acid groups (broad SMARTS) is 1. The van der Waals surface area contributed by atoms with E-state index in [1.807, 2.05) is 30.3 Å². The number of rotatable bonds is 6. The highest BCUT2D eigenvalue weighted by Gasteiger charge is 2.29. The van der Waals surface area contributed by atoms with E-state index < -0.39 is 5.97 Å². The van der Waals surface area contributed by atoms with Crippen LogP contribution >= 0.6 is 0 Å². The molecule has 1 aliphatic rings. The van der Waals surface area contributed by atoms with Crippen LogP contribution in [0.5, 0.6) is 0 Å². The zero-order valence-electron chi connectivity index (χ0n) is 13.2. The number of benzene rings is 1. The van der Waals surface area contributed by atoms with Crippen molar-refractivity contribution in [2.75, 3.05) is 19.7 Å². The number of carbonyl (C=O) groups excluding carboxylic acids is 1. The van der Waals surface area contributed by atoms with E-state index in [2.05, 4.69) is 0 Å². The minimum Gasteiger partial charge on any atom is -0.478 e. The smallest absolute Gasteiger partial charge is 0.338 e. The van der Waals surface area contributed by atoms with E-state index in [9.17, 15) is 9.59 Å². The number of nitrogens with zero attached hydrogens (tertiary/aromatic N) is 1. The van der Waals surface area contributed by atoms with Crippen LogP contribution in [0.1, 0.15) is 32.9 Å². The molecule has 0 radical (unpaired) electrons. The number of hydrogen-bond acceptors (Lipinski definition) is 4. The molecule has 2 aromatic rings. The first kappa shape index (κ1) is 16.3. The fraction of sp³-hybridized carbons (Fsp3) is 0.333. The molecule has 1 aromatic heterocycles. The standard InChI is InChI=1S/C18H19NO5/c20-17(16-8-15(12-24-16)18(21)22)19-7-6-14(9-19)11-23-10-13-4-2-1-3-5-13/h1-5,8,12,14H,6-7,9-11H2,(H,21,22)/t14-/m1/s1. The molecule has 1 fully saturated rings. The minimum absolute atomic E-state index is 0.0136. The molecule has 2 heterocycles. The molecule has 126 valence electrons. The van der Waals surface area contributed by atoms with Crippen molar-refractivity contribution < 1.29 is 23.8 Å². The minimum atomic E-state index is -1.11. The summed E-state index contributed by atoms with van der Waals surface area (Å²) in [6, 6.07) is 11.2. The Bertz CT molecular complexity index is 709. The lowest BCUT2D eigenvalue weighted by atomic mass is 10.1. The second-order valence-electron chi connectivity index (χ2n) is 5.91. The molecule has 1 aliphatic heterocycles. The van der Waals surface area contributed by atoms with Crippen molar-refractivity contribution in [2.45, 2.75) is 13.0 Å². The number of carboxylic acids is 1. The third-order valence-corrected chi connectivity index (χ3v) is 4.10. The van der Waals surface area contributed by atoms with Crippen molar-refractivity contribution in [1.29, 1.82) is 0 Å². The molecule has 1 amide bonds. The first-order valence-electron chi connectivity index (χ1n) is 7.86. The van der Waals surface area contributed by atoms with Gasteiger partial charge in [0.15, 0.2) is 5.76 Å². The largest absolute Gasteiger partial charge is 0.478 e. The van der Waals surface area contributed by atoms with E-state index in [4.69, 9.17) is 14.3 Å². The number of hydrogen-bond donors (Lipinski definition) is 1. The normalized spacial score (nSPS) is 17.2. The Morgan fingerprint density at radius 2 is 2.08 bits per heavy atom. The summed E-state index contributed by atoms with van der Waals surface area (Å²) in [7, 11) is 0. The van der Waals surface area contributed by atoms with E-state index in [-0.39, 0.29) is 23.1 Å². The van der Waals surface area contributed by atoms with Crippen LogP contribution in [0, 0.1) is 5.92 Å². The van der Waals surface area contributed by atoms with Crippen LogP contribution in [-0.2, 0) is 11.3 Å². The predicted molar refractivity (Wildman–Crippen MR) is 85.8 cm³/mol. The Labute approximate surface area is 139 Å².